The highest BCUT2D eigenvalue weighted by molar-refractivity contribution is 6.07. The van der Waals surface area contributed by atoms with Gasteiger partial charge in [0.15, 0.2) is 0 Å². The predicted molar refractivity (Wildman–Crippen MR) is 575 cm³/mol. The van der Waals surface area contributed by atoms with E-state index in [0.717, 1.165) is 204 Å². The molecule has 5 aromatic carbocycles. The number of nitrogens with zero attached hydrogens (tertiary/aromatic N) is 11. The first-order valence-electron chi connectivity index (χ1n) is 48.3. The van der Waals surface area contributed by atoms with E-state index in [0.29, 0.717) is 45.0 Å². The lowest BCUT2D eigenvalue weighted by Crippen LogP contribution is -2.43. The minimum atomic E-state index is -0.382. The lowest BCUT2D eigenvalue weighted by atomic mass is 10.1. The van der Waals surface area contributed by atoms with Crippen molar-refractivity contribution in [2.24, 2.45) is 0 Å². The molecule has 0 unspecified atom stereocenters. The first-order chi connectivity index (χ1) is 71.6. The average molecular weight is 1980 g/mol. The largest absolute Gasteiger partial charge is 0.379 e. The predicted octanol–water partition coefficient (Wildman–Crippen LogP) is 11.2. The maximum absolute atomic E-state index is 12.7. The summed E-state index contributed by atoms with van der Waals surface area (Å²) in [5, 5.41) is 29.4. The van der Waals surface area contributed by atoms with Crippen LogP contribution in [0.2, 0.25) is 0 Å². The van der Waals surface area contributed by atoms with Crippen LogP contribution in [-0.2, 0) is 30.9 Å². The zero-order chi connectivity index (χ0) is 103. The maximum Gasteiger partial charge on any atom is 0.271 e. The molecule has 3 aliphatic rings. The van der Waals surface area contributed by atoms with E-state index in [4.69, 9.17) is 4.74 Å². The van der Waals surface area contributed by atoms with Crippen molar-refractivity contribution in [3.63, 3.8) is 0 Å². The smallest absolute Gasteiger partial charge is 0.271 e. The van der Waals surface area contributed by atoms with Gasteiger partial charge < -0.3 is 97.5 Å². The second-order valence-corrected chi connectivity index (χ2v) is 34.9. The molecule has 756 valence electrons. The summed E-state index contributed by atoms with van der Waals surface area (Å²) in [4.78, 5) is 173. The number of piperazine rings is 2. The molecule has 147 heavy (non-hydrogen) atoms. The second kappa shape index (κ2) is 54.5. The highest BCUT2D eigenvalue weighted by Crippen LogP contribution is 2.27. The van der Waals surface area contributed by atoms with Gasteiger partial charge in [0.25, 0.3) is 57.3 Å². The van der Waals surface area contributed by atoms with Gasteiger partial charge in [-0.25, -0.2) is 9.97 Å². The molecule has 0 bridgehead atoms. The number of anilines is 7. The van der Waals surface area contributed by atoms with E-state index in [1.807, 2.05) is 123 Å². The van der Waals surface area contributed by atoms with E-state index in [9.17, 15) is 47.9 Å². The van der Waals surface area contributed by atoms with Crippen molar-refractivity contribution >= 4 is 69.6 Å². The number of carbonyl (C=O) groups excluding carboxylic acids is 5. The first kappa shape index (κ1) is 106. The molecule has 5 amide bonds. The number of carbonyl (C=O) groups is 5. The summed E-state index contributed by atoms with van der Waals surface area (Å²) in [7, 11) is 9.75. The fourth-order valence-electron chi connectivity index (χ4n) is 16.0. The highest BCUT2D eigenvalue weighted by Gasteiger charge is 2.21. The average Bonchev–Trinajstić information content (AvgIpc) is 0.834. The van der Waals surface area contributed by atoms with Crippen LogP contribution in [0, 0.1) is 0 Å². The number of nitrogens with one attached hydrogen (secondary N) is 15. The van der Waals surface area contributed by atoms with Crippen LogP contribution in [0.15, 0.2) is 317 Å². The van der Waals surface area contributed by atoms with Gasteiger partial charge in [0, 0.05) is 260 Å². The summed E-state index contributed by atoms with van der Waals surface area (Å²) in [6.45, 7) is 18.4. The highest BCUT2D eigenvalue weighted by atomic mass is 16.5. The van der Waals surface area contributed by atoms with Gasteiger partial charge in [0.2, 0.25) is 5.95 Å². The Morgan fingerprint density at radius 3 is 0.986 bits per heavy atom. The third-order valence-corrected chi connectivity index (χ3v) is 24.2. The van der Waals surface area contributed by atoms with Gasteiger partial charge in [-0.2, -0.15) is 0 Å². The van der Waals surface area contributed by atoms with Crippen LogP contribution < -0.4 is 85.9 Å². The van der Waals surface area contributed by atoms with Gasteiger partial charge in [-0.05, 0) is 250 Å². The SMILES string of the molecule is CNCCCN(C)Cc1ccc(C(=O)Nc2cc(-c3ccncc3)c[nH]c2=O)cc1.CNCCN(C)Cc1ccc(C(=O)Nc2cc(-c3ccncc3)c[nH]c2=O)cc1.CNc1nccc(-c2c[nH]c(=O)c(NC(=O)c3ccc(N4CCNCC4)cc3)c2)n1.O=C(Nc1cc(-c2ccncc2)c[nH]c1=O)c1ccc(CN2CCNCC2)cc1.O=C(Nc1cc(-c2ccncc2)c[nH]c1=O)c1ccc(CN2CCOCC2)cc1. The number of aromatic amines is 5. The van der Waals surface area contributed by atoms with Crippen LogP contribution in [0.5, 0.6) is 0 Å². The minimum absolute atomic E-state index is 0.160. The summed E-state index contributed by atoms with van der Waals surface area (Å²) in [5.74, 6) is -1.15. The molecular formula is C110H120N26O11. The van der Waals surface area contributed by atoms with Gasteiger partial charge in [0.05, 0.1) is 18.9 Å². The molecule has 3 saturated heterocycles. The molecule has 0 saturated carbocycles. The molecule has 3 aliphatic heterocycles. The summed E-state index contributed by atoms with van der Waals surface area (Å²) in [5.41, 5.74) is 15.5. The monoisotopic (exact) mass is 1980 g/mol. The number of benzene rings is 5. The Hall–Kier alpha value is -16.9. The number of rotatable bonds is 32. The van der Waals surface area contributed by atoms with Crippen molar-refractivity contribution < 1.29 is 28.7 Å². The fraction of sp³-hybridized carbons (Fsp3) is 0.236. The van der Waals surface area contributed by atoms with Crippen molar-refractivity contribution in [3.8, 4) is 55.8 Å². The van der Waals surface area contributed by atoms with Gasteiger partial charge in [-0.1, -0.05) is 48.5 Å². The number of hydrogen-bond donors (Lipinski definition) is 15. The Balaban J connectivity index is 0.000000145. The fourth-order valence-corrected chi connectivity index (χ4v) is 16.0. The molecule has 37 heteroatoms. The molecule has 15 N–H and O–H groups in total. The number of hydrogen-bond acceptors (Lipinski definition) is 27. The van der Waals surface area contributed by atoms with Crippen molar-refractivity contribution in [1.29, 1.82) is 0 Å². The zero-order valence-corrected chi connectivity index (χ0v) is 82.5. The molecule has 13 heterocycles. The van der Waals surface area contributed by atoms with Crippen molar-refractivity contribution in [2.45, 2.75) is 32.6 Å². The van der Waals surface area contributed by atoms with E-state index in [2.05, 4.69) is 147 Å². The Morgan fingerprint density at radius 1 is 0.340 bits per heavy atom. The quantitative estimate of drug-likeness (QED) is 0.0174. The maximum atomic E-state index is 12.7. The molecule has 10 aromatic heterocycles. The molecular weight excluding hydrogens is 1860 g/mol. The molecule has 18 rings (SSSR count). The number of H-pyrrole nitrogens is 5. The first-order valence-corrected chi connectivity index (χ1v) is 48.3. The molecule has 0 atom stereocenters. The minimum Gasteiger partial charge on any atom is -0.379 e. The van der Waals surface area contributed by atoms with Crippen LogP contribution in [0.4, 0.5) is 40.1 Å². The number of amides is 5. The third-order valence-electron chi connectivity index (χ3n) is 24.2. The van der Waals surface area contributed by atoms with Crippen molar-refractivity contribution in [1.82, 2.24) is 95.7 Å². The molecule has 3 fully saturated rings. The molecule has 37 nitrogen and oxygen atoms in total. The lowest BCUT2D eigenvalue weighted by Gasteiger charge is -2.29. The van der Waals surface area contributed by atoms with Gasteiger partial charge in [0.1, 0.15) is 28.4 Å². The third kappa shape index (κ3) is 32.1. The Labute approximate surface area is 849 Å². The van der Waals surface area contributed by atoms with Crippen molar-refractivity contribution in [3.05, 3.63) is 395 Å². The molecule has 0 radical (unpaired) electrons. The number of ether oxygens (including phenoxy) is 1. The van der Waals surface area contributed by atoms with E-state index >= 15 is 0 Å². The lowest BCUT2D eigenvalue weighted by molar-refractivity contribution is 0.0342. The van der Waals surface area contributed by atoms with Gasteiger partial charge in [-0.3, -0.25) is 77.7 Å². The van der Waals surface area contributed by atoms with E-state index in [-0.39, 0.29) is 85.8 Å². The summed E-state index contributed by atoms with van der Waals surface area (Å²) < 4.78 is 5.37. The van der Waals surface area contributed by atoms with Gasteiger partial charge in [-0.15, -0.1) is 0 Å². The van der Waals surface area contributed by atoms with E-state index < -0.39 is 0 Å². The Bertz CT molecular complexity index is 6970. The van der Waals surface area contributed by atoms with E-state index in [1.54, 1.807) is 191 Å². The van der Waals surface area contributed by atoms with Crippen LogP contribution in [-0.4, -0.2) is 244 Å². The Kier molecular flexibility index (Phi) is 39.3. The van der Waals surface area contributed by atoms with Crippen LogP contribution >= 0.6 is 0 Å². The van der Waals surface area contributed by atoms with Crippen LogP contribution in [0.25, 0.3) is 55.8 Å². The number of morpholine rings is 1. The van der Waals surface area contributed by atoms with Gasteiger partial charge >= 0.3 is 0 Å². The molecule has 0 spiro atoms. The number of likely N-dealkylation sites (N-methyl/N-ethyl adjacent to an activating group) is 2. The zero-order valence-electron chi connectivity index (χ0n) is 82.5. The number of aromatic nitrogens is 11. The second-order valence-electron chi connectivity index (χ2n) is 34.9. The summed E-state index contributed by atoms with van der Waals surface area (Å²) >= 11 is 0. The Morgan fingerprint density at radius 2 is 0.646 bits per heavy atom. The molecule has 0 aliphatic carbocycles. The van der Waals surface area contributed by atoms with Crippen LogP contribution in [0.1, 0.15) is 80.5 Å². The summed E-state index contributed by atoms with van der Waals surface area (Å²) in [6.07, 6.45) is 24.2. The summed E-state index contributed by atoms with van der Waals surface area (Å²) in [6, 6.07) is 62.0. The molecule has 15 aromatic rings. The topological polar surface area (TPSA) is 473 Å². The van der Waals surface area contributed by atoms with Crippen molar-refractivity contribution in [2.75, 3.05) is 177 Å². The van der Waals surface area contributed by atoms with E-state index in [1.165, 1.54) is 5.56 Å². The standard InChI is InChI=1S/C23H27N5O2.C22H23N5O2.C22H25N5O2.C22H22N4O3.C21H23N7O2/c1-24-10-3-13-28(2)16-17-4-6-19(7-5-17)22(29)27-21-14-20(15-26-23(21)30)18-8-11-25-12-9-18;28-21(18-3-1-16(2-4-18)15-27-11-9-24-10-12-27)26-20-13-19(14-25-22(20)29)17-5-7-23-8-6-17;1-23-11-12-27(2)15-16-3-5-18(6-4-16)21(28)26-20-13-19(14-25-22(20)29)17-7-9-24-10-8-17;27-21(18-3-1-16(2-4-18)15-26-9-11-29-12-10-26)25-20-13-19(14-24-22(20)28)17-5-7-23-8-6-17;1-22-21-24-7-6-17(27-21)15-12-18(20(30)25-13-15)26-19(29)14-2-4-16(5-3-14)28-10-8-23-9-11-28/h4-9,11-12,14-15,24H,3,10,13,16H2,1-2H3,(H,26,30)(H,27,29);1-8,13-14,24H,9-12,15H2,(H,25,29)(H,26,28);3-10,13-14,23H,11-12,15H2,1-2H3,(H,25,29)(H,26,28);1-8,13-14H,9-12,15H2,(H,24,28)(H,25,27);2-7,12-13,23H,8-11H2,1H3,(H,25,30)(H,26,29)(H,22,24,27). The number of pyridine rings is 9. The van der Waals surface area contributed by atoms with Crippen LogP contribution in [0.3, 0.4) is 0 Å². The normalized spacial score (nSPS) is 12.9.